The van der Waals surface area contributed by atoms with Crippen molar-refractivity contribution in [3.63, 3.8) is 0 Å². The molecular formula is C16H14Cl2N2O3. The molecule has 2 aromatic rings. The maximum Gasteiger partial charge on any atom is 0.321 e. The second-order valence-corrected chi connectivity index (χ2v) is 5.40. The summed E-state index contributed by atoms with van der Waals surface area (Å²) in [7, 11) is 1.41. The highest BCUT2D eigenvalue weighted by Crippen LogP contribution is 2.31. The second-order valence-electron chi connectivity index (χ2n) is 4.55. The van der Waals surface area contributed by atoms with Crippen LogP contribution in [-0.4, -0.2) is 19.0 Å². The van der Waals surface area contributed by atoms with E-state index >= 15 is 0 Å². The van der Waals surface area contributed by atoms with Crippen molar-refractivity contribution in [2.45, 2.75) is 6.10 Å². The number of amides is 3. The molecule has 1 atom stereocenters. The Balaban J connectivity index is 2.30. The SMILES string of the molecule is CNC(=O)NC(=O)[C@H](Oc1ccc(Cl)cc1Cl)c1ccccc1. The highest BCUT2D eigenvalue weighted by Gasteiger charge is 2.25. The standard InChI is InChI=1S/C16H14Cl2N2O3/c1-19-16(22)20-15(21)14(10-5-3-2-4-6-10)23-13-8-7-11(17)9-12(13)18/h2-9,14H,1H3,(H2,19,20,21,22)/t14-/m1/s1. The molecule has 0 bridgehead atoms. The number of ether oxygens (including phenoxy) is 1. The first kappa shape index (κ1) is 17.1. The van der Waals surface area contributed by atoms with Gasteiger partial charge in [0, 0.05) is 17.6 Å². The maximum atomic E-state index is 12.3. The van der Waals surface area contributed by atoms with Gasteiger partial charge < -0.3 is 10.1 Å². The third-order valence-corrected chi connectivity index (χ3v) is 3.47. The highest BCUT2D eigenvalue weighted by atomic mass is 35.5. The molecule has 2 aromatic carbocycles. The van der Waals surface area contributed by atoms with Crippen LogP contribution in [0.5, 0.6) is 5.75 Å². The summed E-state index contributed by atoms with van der Waals surface area (Å²) < 4.78 is 5.71. The molecule has 0 heterocycles. The smallest absolute Gasteiger partial charge is 0.321 e. The Morgan fingerprint density at radius 2 is 1.78 bits per heavy atom. The first-order valence-electron chi connectivity index (χ1n) is 6.70. The normalized spacial score (nSPS) is 11.4. The van der Waals surface area contributed by atoms with Crippen molar-refractivity contribution in [1.29, 1.82) is 0 Å². The fourth-order valence-corrected chi connectivity index (χ4v) is 2.29. The summed E-state index contributed by atoms with van der Waals surface area (Å²) in [6.45, 7) is 0. The highest BCUT2D eigenvalue weighted by molar-refractivity contribution is 6.35. The number of carbonyl (C=O) groups excluding carboxylic acids is 2. The van der Waals surface area contributed by atoms with E-state index in [9.17, 15) is 9.59 Å². The number of halogens is 2. The van der Waals surface area contributed by atoms with Crippen LogP contribution in [-0.2, 0) is 4.79 Å². The molecule has 7 heteroatoms. The molecule has 2 rings (SSSR count). The molecule has 120 valence electrons. The lowest BCUT2D eigenvalue weighted by molar-refractivity contribution is -0.127. The van der Waals surface area contributed by atoms with Gasteiger partial charge in [0.15, 0.2) is 0 Å². The van der Waals surface area contributed by atoms with E-state index < -0.39 is 18.0 Å². The van der Waals surface area contributed by atoms with Gasteiger partial charge >= 0.3 is 6.03 Å². The molecule has 0 radical (unpaired) electrons. The fourth-order valence-electron chi connectivity index (χ4n) is 1.84. The van der Waals surface area contributed by atoms with Gasteiger partial charge in [-0.2, -0.15) is 0 Å². The number of urea groups is 1. The summed E-state index contributed by atoms with van der Waals surface area (Å²) in [4.78, 5) is 23.7. The van der Waals surface area contributed by atoms with Crippen LogP contribution in [0, 0.1) is 0 Å². The predicted molar refractivity (Wildman–Crippen MR) is 88.9 cm³/mol. The number of hydrogen-bond donors (Lipinski definition) is 2. The first-order chi connectivity index (χ1) is 11.0. The lowest BCUT2D eigenvalue weighted by Gasteiger charge is -2.19. The Morgan fingerprint density at radius 3 is 2.39 bits per heavy atom. The minimum Gasteiger partial charge on any atom is -0.474 e. The zero-order valence-electron chi connectivity index (χ0n) is 12.2. The van der Waals surface area contributed by atoms with Crippen molar-refractivity contribution < 1.29 is 14.3 Å². The van der Waals surface area contributed by atoms with Gasteiger partial charge in [-0.25, -0.2) is 4.79 Å². The Morgan fingerprint density at radius 1 is 1.09 bits per heavy atom. The average Bonchev–Trinajstić information content (AvgIpc) is 2.54. The molecule has 0 aromatic heterocycles. The molecule has 0 fully saturated rings. The van der Waals surface area contributed by atoms with E-state index in [1.807, 2.05) is 6.07 Å². The van der Waals surface area contributed by atoms with E-state index in [1.165, 1.54) is 13.1 Å². The van der Waals surface area contributed by atoms with Gasteiger partial charge in [-0.15, -0.1) is 0 Å². The van der Waals surface area contributed by atoms with E-state index in [0.29, 0.717) is 10.6 Å². The minimum atomic E-state index is -1.04. The van der Waals surface area contributed by atoms with E-state index in [2.05, 4.69) is 10.6 Å². The number of imide groups is 1. The second kappa shape index (κ2) is 7.85. The van der Waals surface area contributed by atoms with Gasteiger partial charge in [-0.3, -0.25) is 10.1 Å². The third-order valence-electron chi connectivity index (χ3n) is 2.94. The number of rotatable bonds is 4. The molecular weight excluding hydrogens is 339 g/mol. The van der Waals surface area contributed by atoms with Crippen LogP contribution >= 0.6 is 23.2 Å². The first-order valence-corrected chi connectivity index (χ1v) is 7.46. The zero-order valence-corrected chi connectivity index (χ0v) is 13.7. The van der Waals surface area contributed by atoms with Crippen molar-refractivity contribution in [2.75, 3.05) is 7.05 Å². The Bertz CT molecular complexity index is 708. The minimum absolute atomic E-state index is 0.270. The zero-order chi connectivity index (χ0) is 16.8. The number of nitrogens with one attached hydrogen (secondary N) is 2. The number of carbonyl (C=O) groups is 2. The summed E-state index contributed by atoms with van der Waals surface area (Å²) >= 11 is 11.9. The summed E-state index contributed by atoms with van der Waals surface area (Å²) in [6, 6.07) is 12.8. The van der Waals surface area contributed by atoms with Crippen LogP contribution in [0.4, 0.5) is 4.79 Å². The molecule has 2 N–H and O–H groups in total. The van der Waals surface area contributed by atoms with Crippen molar-refractivity contribution in [1.82, 2.24) is 10.6 Å². The molecule has 0 aliphatic rings. The molecule has 0 spiro atoms. The summed E-state index contributed by atoms with van der Waals surface area (Å²) in [6.07, 6.45) is -1.04. The molecule has 3 amide bonds. The Kier molecular flexibility index (Phi) is 5.84. The largest absolute Gasteiger partial charge is 0.474 e. The van der Waals surface area contributed by atoms with Crippen LogP contribution in [0.3, 0.4) is 0 Å². The van der Waals surface area contributed by atoms with Crippen LogP contribution in [0.25, 0.3) is 0 Å². The lowest BCUT2D eigenvalue weighted by Crippen LogP contribution is -2.41. The molecule has 5 nitrogen and oxygen atoms in total. The predicted octanol–water partition coefficient (Wildman–Crippen LogP) is 3.57. The molecule has 0 aliphatic heterocycles. The Labute approximate surface area is 143 Å². The number of benzene rings is 2. The van der Waals surface area contributed by atoms with E-state index in [-0.39, 0.29) is 10.8 Å². The lowest BCUT2D eigenvalue weighted by atomic mass is 10.1. The molecule has 23 heavy (non-hydrogen) atoms. The Hall–Kier alpha value is -2.24. The van der Waals surface area contributed by atoms with Crippen LogP contribution in [0.15, 0.2) is 48.5 Å². The van der Waals surface area contributed by atoms with Crippen molar-refractivity contribution in [3.8, 4) is 5.75 Å². The van der Waals surface area contributed by atoms with Crippen molar-refractivity contribution in [2.24, 2.45) is 0 Å². The third kappa shape index (κ3) is 4.61. The maximum absolute atomic E-state index is 12.3. The van der Waals surface area contributed by atoms with Gasteiger partial charge in [0.25, 0.3) is 5.91 Å². The van der Waals surface area contributed by atoms with Crippen LogP contribution in [0.1, 0.15) is 11.7 Å². The monoisotopic (exact) mass is 352 g/mol. The summed E-state index contributed by atoms with van der Waals surface area (Å²) in [5, 5.41) is 5.23. The molecule has 0 saturated heterocycles. The fraction of sp³-hybridized carbons (Fsp3) is 0.125. The van der Waals surface area contributed by atoms with E-state index in [1.54, 1.807) is 36.4 Å². The van der Waals surface area contributed by atoms with Gasteiger partial charge in [-0.05, 0) is 18.2 Å². The van der Waals surface area contributed by atoms with E-state index in [0.717, 1.165) is 0 Å². The van der Waals surface area contributed by atoms with Gasteiger partial charge in [-0.1, -0.05) is 53.5 Å². The molecule has 0 aliphatic carbocycles. The van der Waals surface area contributed by atoms with Crippen molar-refractivity contribution in [3.05, 3.63) is 64.1 Å². The van der Waals surface area contributed by atoms with Gasteiger partial charge in [0.1, 0.15) is 5.75 Å². The quantitative estimate of drug-likeness (QED) is 0.883. The average molecular weight is 353 g/mol. The molecule has 0 saturated carbocycles. The molecule has 0 unspecified atom stereocenters. The number of hydrogen-bond acceptors (Lipinski definition) is 3. The van der Waals surface area contributed by atoms with E-state index in [4.69, 9.17) is 27.9 Å². The summed E-state index contributed by atoms with van der Waals surface area (Å²) in [5.74, 6) is -0.321. The van der Waals surface area contributed by atoms with Gasteiger partial charge in [0.2, 0.25) is 6.10 Å². The van der Waals surface area contributed by atoms with Crippen LogP contribution < -0.4 is 15.4 Å². The van der Waals surface area contributed by atoms with Crippen molar-refractivity contribution >= 4 is 35.1 Å². The summed E-state index contributed by atoms with van der Waals surface area (Å²) in [5.41, 5.74) is 0.583. The topological polar surface area (TPSA) is 67.4 Å². The van der Waals surface area contributed by atoms with Gasteiger partial charge in [0.05, 0.1) is 5.02 Å². The van der Waals surface area contributed by atoms with Crippen LogP contribution in [0.2, 0.25) is 10.0 Å².